The number of imidazole rings is 1. The summed E-state index contributed by atoms with van der Waals surface area (Å²) in [5.41, 5.74) is 8.35. The maximum atomic E-state index is 12.7. The number of amides is 1. The molecule has 4 aromatic rings. The highest BCUT2D eigenvalue weighted by Gasteiger charge is 2.16. The predicted octanol–water partition coefficient (Wildman–Crippen LogP) is 5.23. The second-order valence-corrected chi connectivity index (χ2v) is 8.31. The Morgan fingerprint density at radius 1 is 1.20 bits per heavy atom. The van der Waals surface area contributed by atoms with Crippen LogP contribution in [0.25, 0.3) is 11.3 Å². The summed E-state index contributed by atoms with van der Waals surface area (Å²) in [5.74, 6) is -0.348. The average molecular weight is 485 g/mol. The molecule has 30 heavy (non-hydrogen) atoms. The summed E-state index contributed by atoms with van der Waals surface area (Å²) in [4.78, 5) is 17.1. The van der Waals surface area contributed by atoms with Crippen molar-refractivity contribution in [2.24, 2.45) is 5.10 Å². The van der Waals surface area contributed by atoms with Crippen molar-refractivity contribution in [1.29, 1.82) is 0 Å². The van der Waals surface area contributed by atoms with Crippen LogP contribution in [0.4, 0.5) is 0 Å². The largest absolute Gasteiger partial charge is 0.318 e. The maximum absolute atomic E-state index is 12.7. The van der Waals surface area contributed by atoms with Gasteiger partial charge in [0.25, 0.3) is 5.91 Å². The summed E-state index contributed by atoms with van der Waals surface area (Å²) in [6, 6.07) is 13.6. The lowest BCUT2D eigenvalue weighted by Crippen LogP contribution is -2.20. The van der Waals surface area contributed by atoms with Crippen molar-refractivity contribution in [2.45, 2.75) is 20.8 Å². The van der Waals surface area contributed by atoms with Crippen molar-refractivity contribution < 1.29 is 4.79 Å². The predicted molar refractivity (Wildman–Crippen MR) is 123 cm³/mol. The number of carbonyl (C=O) groups excluding carboxylic acids is 1. The number of hydrazone groups is 1. The molecule has 0 spiro atoms. The number of rotatable bonds is 4. The Labute approximate surface area is 187 Å². The van der Waals surface area contributed by atoms with Gasteiger partial charge in [0.05, 0.1) is 16.9 Å². The first-order chi connectivity index (χ1) is 14.3. The molecule has 1 amide bonds. The molecule has 3 heterocycles. The highest BCUT2D eigenvalue weighted by Crippen LogP contribution is 2.22. The van der Waals surface area contributed by atoms with Gasteiger partial charge in [-0.3, -0.25) is 9.20 Å². The maximum Gasteiger partial charge on any atom is 0.290 e. The van der Waals surface area contributed by atoms with Gasteiger partial charge in [0.2, 0.25) is 0 Å². The second kappa shape index (κ2) is 8.08. The number of fused-ring (bicyclic) bond motifs is 1. The highest BCUT2D eigenvalue weighted by atomic mass is 79.9. The first-order valence-corrected chi connectivity index (χ1v) is 10.4. The van der Waals surface area contributed by atoms with Gasteiger partial charge in [-0.2, -0.15) is 5.10 Å². The topological polar surface area (TPSA) is 63.7 Å². The van der Waals surface area contributed by atoms with E-state index in [0.717, 1.165) is 27.1 Å². The molecule has 1 aromatic carbocycles. The fourth-order valence-electron chi connectivity index (χ4n) is 3.55. The summed E-state index contributed by atoms with van der Waals surface area (Å²) in [6.45, 7) is 5.84. The number of carbonyl (C=O) groups is 1. The third-order valence-corrected chi connectivity index (χ3v) is 5.60. The molecule has 152 valence electrons. The number of aromatic nitrogens is 3. The quantitative estimate of drug-likeness (QED) is 0.318. The molecule has 6 nitrogen and oxygen atoms in total. The van der Waals surface area contributed by atoms with E-state index in [0.29, 0.717) is 22.1 Å². The summed E-state index contributed by atoms with van der Waals surface area (Å²) in [5, 5.41) is 4.70. The van der Waals surface area contributed by atoms with Gasteiger partial charge in [0.1, 0.15) is 11.3 Å². The zero-order valence-corrected chi connectivity index (χ0v) is 19.0. The van der Waals surface area contributed by atoms with Gasteiger partial charge >= 0.3 is 0 Å². The van der Waals surface area contributed by atoms with Crippen LogP contribution in [0.3, 0.4) is 0 Å². The van der Waals surface area contributed by atoms with Crippen molar-refractivity contribution in [2.75, 3.05) is 0 Å². The Hall–Kier alpha value is -2.90. The lowest BCUT2D eigenvalue weighted by Gasteiger charge is -2.09. The number of hydrogen-bond donors (Lipinski definition) is 1. The minimum atomic E-state index is -0.348. The first kappa shape index (κ1) is 20.4. The lowest BCUT2D eigenvalue weighted by molar-refractivity contribution is 0.0948. The molecule has 0 saturated heterocycles. The molecular weight excluding hydrogens is 466 g/mol. The van der Waals surface area contributed by atoms with Gasteiger partial charge in [-0.25, -0.2) is 10.4 Å². The molecule has 0 saturated carbocycles. The molecule has 0 unspecified atom stereocenters. The molecule has 0 bridgehead atoms. The number of halogens is 2. The van der Waals surface area contributed by atoms with Gasteiger partial charge in [0.15, 0.2) is 0 Å². The van der Waals surface area contributed by atoms with Crippen molar-refractivity contribution in [3.63, 3.8) is 0 Å². The molecule has 0 aliphatic heterocycles. The summed E-state index contributed by atoms with van der Waals surface area (Å²) in [7, 11) is 0. The van der Waals surface area contributed by atoms with Crippen molar-refractivity contribution in [3.05, 3.63) is 86.5 Å². The molecule has 0 aliphatic rings. The normalized spacial score (nSPS) is 11.5. The third kappa shape index (κ3) is 3.78. The molecule has 0 atom stereocenters. The van der Waals surface area contributed by atoms with E-state index in [1.54, 1.807) is 35.9 Å². The van der Waals surface area contributed by atoms with Crippen LogP contribution in [0.5, 0.6) is 0 Å². The van der Waals surface area contributed by atoms with E-state index in [-0.39, 0.29) is 5.91 Å². The Kier molecular flexibility index (Phi) is 5.49. The zero-order chi connectivity index (χ0) is 21.4. The van der Waals surface area contributed by atoms with Crippen LogP contribution in [-0.4, -0.2) is 26.1 Å². The van der Waals surface area contributed by atoms with Crippen LogP contribution in [-0.2, 0) is 0 Å². The molecule has 4 rings (SSSR count). The monoisotopic (exact) mass is 483 g/mol. The van der Waals surface area contributed by atoms with E-state index in [9.17, 15) is 4.79 Å². The molecule has 0 aliphatic carbocycles. The Balaban J connectivity index is 1.59. The number of aryl methyl sites for hydroxylation is 2. The summed E-state index contributed by atoms with van der Waals surface area (Å²) < 4.78 is 4.82. The van der Waals surface area contributed by atoms with E-state index in [2.05, 4.69) is 42.1 Å². The van der Waals surface area contributed by atoms with Crippen molar-refractivity contribution in [3.8, 4) is 5.69 Å². The van der Waals surface area contributed by atoms with E-state index < -0.39 is 0 Å². The van der Waals surface area contributed by atoms with E-state index in [1.165, 1.54) is 0 Å². The standard InChI is InChI=1S/C22H19BrClN5O/c1-13-9-16(15(3)29(13)19-6-4-5-17(23)10-19)11-25-27-22(30)21-14(2)26-20-8-7-18(24)12-28(20)21/h4-12H,1-3H3,(H,27,30)/b25-11-. The van der Waals surface area contributed by atoms with Crippen molar-refractivity contribution >= 4 is 45.3 Å². The van der Waals surface area contributed by atoms with Crippen LogP contribution in [0.15, 0.2) is 58.2 Å². The smallest absolute Gasteiger partial charge is 0.290 e. The SMILES string of the molecule is Cc1nc2ccc(Cl)cn2c1C(=O)N/N=C\c1cc(C)n(-c2cccc(Br)c2)c1C. The van der Waals surface area contributed by atoms with Gasteiger partial charge < -0.3 is 4.57 Å². The van der Waals surface area contributed by atoms with Crippen LogP contribution < -0.4 is 5.43 Å². The molecule has 8 heteroatoms. The Bertz CT molecular complexity index is 1300. The molecular formula is C22H19BrClN5O. The zero-order valence-electron chi connectivity index (χ0n) is 16.6. The van der Waals surface area contributed by atoms with Gasteiger partial charge in [-0.1, -0.05) is 33.6 Å². The highest BCUT2D eigenvalue weighted by molar-refractivity contribution is 9.10. The number of nitrogens with one attached hydrogen (secondary N) is 1. The number of pyridine rings is 1. The third-order valence-electron chi connectivity index (χ3n) is 4.88. The van der Waals surface area contributed by atoms with Gasteiger partial charge in [-0.05, 0) is 57.2 Å². The lowest BCUT2D eigenvalue weighted by atomic mass is 10.2. The molecule has 1 N–H and O–H groups in total. The Morgan fingerprint density at radius 3 is 2.77 bits per heavy atom. The van der Waals surface area contributed by atoms with Crippen LogP contribution in [0.2, 0.25) is 5.02 Å². The molecule has 3 aromatic heterocycles. The van der Waals surface area contributed by atoms with Crippen molar-refractivity contribution in [1.82, 2.24) is 19.4 Å². The average Bonchev–Trinajstić information content (AvgIpc) is 3.16. The number of hydrogen-bond acceptors (Lipinski definition) is 3. The van der Waals surface area contributed by atoms with Crippen LogP contribution >= 0.6 is 27.5 Å². The minimum Gasteiger partial charge on any atom is -0.318 e. The minimum absolute atomic E-state index is 0.348. The fourth-order valence-corrected chi connectivity index (χ4v) is 4.10. The fraction of sp³-hybridized carbons (Fsp3) is 0.136. The number of nitrogens with zero attached hydrogens (tertiary/aromatic N) is 4. The van der Waals surface area contributed by atoms with Gasteiger partial charge in [0, 0.05) is 33.3 Å². The first-order valence-electron chi connectivity index (χ1n) is 9.27. The summed E-state index contributed by atoms with van der Waals surface area (Å²) >= 11 is 9.59. The second-order valence-electron chi connectivity index (χ2n) is 6.96. The van der Waals surface area contributed by atoms with E-state index in [4.69, 9.17) is 11.6 Å². The van der Waals surface area contributed by atoms with Crippen LogP contribution in [0.1, 0.15) is 33.1 Å². The molecule has 0 fully saturated rings. The summed E-state index contributed by atoms with van der Waals surface area (Å²) in [6.07, 6.45) is 3.32. The Morgan fingerprint density at radius 2 is 2.00 bits per heavy atom. The van der Waals surface area contributed by atoms with Crippen LogP contribution in [0, 0.1) is 20.8 Å². The van der Waals surface area contributed by atoms with Gasteiger partial charge in [-0.15, -0.1) is 0 Å². The molecule has 0 radical (unpaired) electrons. The van der Waals surface area contributed by atoms with E-state index >= 15 is 0 Å². The number of benzene rings is 1. The van der Waals surface area contributed by atoms with E-state index in [1.807, 2.05) is 38.1 Å².